The van der Waals surface area contributed by atoms with Gasteiger partial charge in [-0.3, -0.25) is 14.9 Å². The molecule has 3 rings (SSSR count). The van der Waals surface area contributed by atoms with Gasteiger partial charge in [-0.15, -0.1) is 0 Å². The summed E-state index contributed by atoms with van der Waals surface area (Å²) in [6, 6.07) is 16.2. The van der Waals surface area contributed by atoms with E-state index in [-0.39, 0.29) is 5.91 Å². The van der Waals surface area contributed by atoms with Crippen molar-refractivity contribution in [2.45, 2.75) is 37.8 Å². The van der Waals surface area contributed by atoms with Crippen molar-refractivity contribution < 1.29 is 14.7 Å². The summed E-state index contributed by atoms with van der Waals surface area (Å²) in [6.45, 7) is 0. The van der Waals surface area contributed by atoms with E-state index in [9.17, 15) is 14.7 Å². The number of carboxylic acids is 1. The topological polar surface area (TPSA) is 78.4 Å². The van der Waals surface area contributed by atoms with Crippen molar-refractivity contribution >= 4 is 17.6 Å². The fraction of sp³-hybridized carbons (Fsp3) is 0.300. The lowest BCUT2D eigenvalue weighted by Gasteiger charge is -2.21. The Balaban J connectivity index is 1.64. The van der Waals surface area contributed by atoms with Crippen LogP contribution in [0.5, 0.6) is 0 Å². The van der Waals surface area contributed by atoms with Gasteiger partial charge in [0.1, 0.15) is 6.04 Å². The maximum atomic E-state index is 12.4. The van der Waals surface area contributed by atoms with Crippen LogP contribution in [0, 0.1) is 0 Å². The van der Waals surface area contributed by atoms with Crippen LogP contribution in [0.2, 0.25) is 0 Å². The van der Waals surface area contributed by atoms with Crippen LogP contribution in [-0.2, 0) is 22.4 Å². The highest BCUT2D eigenvalue weighted by atomic mass is 16.4. The molecule has 2 aromatic rings. The second kappa shape index (κ2) is 7.94. The second-order valence-electron chi connectivity index (χ2n) is 6.32. The highest BCUT2D eigenvalue weighted by Gasteiger charge is 2.28. The molecule has 0 saturated carbocycles. The molecule has 2 aromatic carbocycles. The molecule has 25 heavy (non-hydrogen) atoms. The number of carbonyl (C=O) groups excluding carboxylic acids is 1. The maximum Gasteiger partial charge on any atom is 0.320 e. The third-order valence-corrected chi connectivity index (χ3v) is 4.56. The number of para-hydroxylation sites is 1. The molecule has 0 bridgehead atoms. The largest absolute Gasteiger partial charge is 0.480 e. The molecular weight excluding hydrogens is 316 g/mol. The predicted octanol–water partition coefficient (Wildman–Crippen LogP) is 2.62. The van der Waals surface area contributed by atoms with Crippen molar-refractivity contribution in [3.63, 3.8) is 0 Å². The maximum absolute atomic E-state index is 12.4. The van der Waals surface area contributed by atoms with Crippen molar-refractivity contribution in [1.29, 1.82) is 0 Å². The van der Waals surface area contributed by atoms with Crippen LogP contribution < -0.4 is 10.6 Å². The van der Waals surface area contributed by atoms with E-state index in [0.717, 1.165) is 23.2 Å². The fourth-order valence-corrected chi connectivity index (χ4v) is 3.15. The summed E-state index contributed by atoms with van der Waals surface area (Å²) in [5.41, 5.74) is 2.98. The quantitative estimate of drug-likeness (QED) is 0.756. The van der Waals surface area contributed by atoms with Crippen molar-refractivity contribution in [3.05, 3.63) is 65.7 Å². The smallest absolute Gasteiger partial charge is 0.320 e. The normalized spacial score (nSPS) is 17.9. The van der Waals surface area contributed by atoms with Crippen molar-refractivity contribution in [2.75, 3.05) is 5.32 Å². The Kier molecular flexibility index (Phi) is 5.46. The molecule has 0 aliphatic carbocycles. The summed E-state index contributed by atoms with van der Waals surface area (Å²) in [7, 11) is 0. The number of carbonyl (C=O) groups is 2. The summed E-state index contributed by atoms with van der Waals surface area (Å²) in [5.74, 6) is -1.10. The minimum absolute atomic E-state index is 0.170. The number of rotatable bonds is 6. The molecule has 0 spiro atoms. The molecule has 1 aliphatic heterocycles. The molecule has 5 nitrogen and oxygen atoms in total. The molecule has 0 saturated heterocycles. The molecule has 130 valence electrons. The van der Waals surface area contributed by atoms with E-state index >= 15 is 0 Å². The highest BCUT2D eigenvalue weighted by molar-refractivity contribution is 5.96. The monoisotopic (exact) mass is 338 g/mol. The molecule has 2 atom stereocenters. The average Bonchev–Trinajstić information content (AvgIpc) is 2.78. The van der Waals surface area contributed by atoms with Crippen molar-refractivity contribution in [3.8, 4) is 0 Å². The summed E-state index contributed by atoms with van der Waals surface area (Å²) in [4.78, 5) is 24.1. The van der Waals surface area contributed by atoms with Gasteiger partial charge >= 0.3 is 5.97 Å². The Bertz CT molecular complexity index is 746. The lowest BCUT2D eigenvalue weighted by Crippen LogP contribution is -2.48. The molecule has 0 fully saturated rings. The Hall–Kier alpha value is -2.66. The molecule has 0 radical (unpaired) electrons. The third-order valence-electron chi connectivity index (χ3n) is 4.56. The Morgan fingerprint density at radius 2 is 1.88 bits per heavy atom. The van der Waals surface area contributed by atoms with Gasteiger partial charge < -0.3 is 10.4 Å². The Morgan fingerprint density at radius 3 is 2.64 bits per heavy atom. The Labute approximate surface area is 147 Å². The lowest BCUT2D eigenvalue weighted by molar-refractivity contribution is -0.140. The summed E-state index contributed by atoms with van der Waals surface area (Å²) in [6.07, 6.45) is 2.41. The summed E-state index contributed by atoms with van der Waals surface area (Å²) in [5, 5.41) is 15.5. The number of carboxylic acid groups (broad SMARTS) is 1. The van der Waals surface area contributed by atoms with Crippen LogP contribution in [-0.4, -0.2) is 29.1 Å². The standard InChI is InChI=1S/C20H22N2O3/c23-19-17(13-11-15-8-4-5-9-16(15)22-19)21-18(20(24)25)12-10-14-6-2-1-3-7-14/h1-9,17-18,21H,10-13H2,(H,22,23)(H,24,25)/t17?,18-/m0/s1. The van der Waals surface area contributed by atoms with E-state index in [1.54, 1.807) is 0 Å². The van der Waals surface area contributed by atoms with Gasteiger partial charge in [0.15, 0.2) is 0 Å². The van der Waals surface area contributed by atoms with Crippen LogP contribution in [0.25, 0.3) is 0 Å². The highest BCUT2D eigenvalue weighted by Crippen LogP contribution is 2.22. The van der Waals surface area contributed by atoms with Crippen LogP contribution in [0.4, 0.5) is 5.69 Å². The minimum atomic E-state index is -0.925. The predicted molar refractivity (Wildman–Crippen MR) is 96.5 cm³/mol. The number of aliphatic carboxylic acids is 1. The SMILES string of the molecule is O=C1Nc2ccccc2CCC1N[C@@H](CCc1ccccc1)C(=O)O. The van der Waals surface area contributed by atoms with Crippen molar-refractivity contribution in [2.24, 2.45) is 0 Å². The number of fused-ring (bicyclic) bond motifs is 1. The fourth-order valence-electron chi connectivity index (χ4n) is 3.15. The van der Waals surface area contributed by atoms with Gasteiger partial charge in [-0.2, -0.15) is 0 Å². The number of aryl methyl sites for hydroxylation is 2. The summed E-state index contributed by atoms with van der Waals surface area (Å²) >= 11 is 0. The zero-order chi connectivity index (χ0) is 17.6. The Morgan fingerprint density at radius 1 is 1.16 bits per heavy atom. The number of nitrogens with one attached hydrogen (secondary N) is 2. The first-order valence-corrected chi connectivity index (χ1v) is 8.55. The summed E-state index contributed by atoms with van der Waals surface area (Å²) < 4.78 is 0. The second-order valence-corrected chi connectivity index (χ2v) is 6.32. The van der Waals surface area contributed by atoms with Gasteiger partial charge in [0.2, 0.25) is 5.91 Å². The molecule has 1 amide bonds. The number of benzene rings is 2. The van der Waals surface area contributed by atoms with E-state index in [1.165, 1.54) is 0 Å². The third kappa shape index (κ3) is 4.45. The first kappa shape index (κ1) is 17.2. The van der Waals surface area contributed by atoms with Gasteiger partial charge in [0.25, 0.3) is 0 Å². The molecule has 1 aliphatic rings. The minimum Gasteiger partial charge on any atom is -0.480 e. The van der Waals surface area contributed by atoms with Crippen LogP contribution >= 0.6 is 0 Å². The molecule has 3 N–H and O–H groups in total. The molecule has 1 heterocycles. The van der Waals surface area contributed by atoms with Gasteiger partial charge in [-0.1, -0.05) is 48.5 Å². The number of hydrogen-bond donors (Lipinski definition) is 3. The first-order valence-electron chi connectivity index (χ1n) is 8.55. The van der Waals surface area contributed by atoms with Crippen LogP contribution in [0.3, 0.4) is 0 Å². The average molecular weight is 338 g/mol. The van der Waals surface area contributed by atoms with E-state index < -0.39 is 18.1 Å². The van der Waals surface area contributed by atoms with E-state index in [0.29, 0.717) is 19.3 Å². The van der Waals surface area contributed by atoms with Crippen LogP contribution in [0.1, 0.15) is 24.0 Å². The number of anilines is 1. The van der Waals surface area contributed by atoms with Gasteiger partial charge in [0, 0.05) is 5.69 Å². The zero-order valence-corrected chi connectivity index (χ0v) is 13.9. The molecule has 5 heteroatoms. The van der Waals surface area contributed by atoms with Gasteiger partial charge in [-0.05, 0) is 42.9 Å². The molecule has 1 unspecified atom stereocenters. The van der Waals surface area contributed by atoms with Crippen molar-refractivity contribution in [1.82, 2.24) is 5.32 Å². The molecular formula is C20H22N2O3. The number of hydrogen-bond acceptors (Lipinski definition) is 3. The van der Waals surface area contributed by atoms with E-state index in [2.05, 4.69) is 10.6 Å². The first-order chi connectivity index (χ1) is 12.1. The number of amides is 1. The van der Waals surface area contributed by atoms with Gasteiger partial charge in [0.05, 0.1) is 6.04 Å². The van der Waals surface area contributed by atoms with Crippen LogP contribution in [0.15, 0.2) is 54.6 Å². The van der Waals surface area contributed by atoms with E-state index in [1.807, 2.05) is 54.6 Å². The van der Waals surface area contributed by atoms with Gasteiger partial charge in [-0.25, -0.2) is 0 Å². The molecule has 0 aromatic heterocycles. The lowest BCUT2D eigenvalue weighted by atomic mass is 10.0. The van der Waals surface area contributed by atoms with E-state index in [4.69, 9.17) is 0 Å². The zero-order valence-electron chi connectivity index (χ0n) is 13.9.